The van der Waals surface area contributed by atoms with Crippen LogP contribution in [0.1, 0.15) is 87.3 Å². The van der Waals surface area contributed by atoms with E-state index in [9.17, 15) is 9.59 Å². The van der Waals surface area contributed by atoms with E-state index in [0.717, 1.165) is 0 Å². The SMILES string of the molecule is CC(C)(C)OC(=O)N(C(=O)OC(C)(C)C)C1=NC(c2cc(B3OC(C)(C)C(C)(C)O3)ccc2F)CCO1. The molecule has 37 heavy (non-hydrogen) atoms. The number of rotatable bonds is 2. The number of hydrogen-bond donors (Lipinski definition) is 0. The van der Waals surface area contributed by atoms with Gasteiger partial charge in [-0.1, -0.05) is 12.1 Å². The van der Waals surface area contributed by atoms with Gasteiger partial charge in [0.15, 0.2) is 0 Å². The van der Waals surface area contributed by atoms with Crippen LogP contribution in [0.3, 0.4) is 0 Å². The van der Waals surface area contributed by atoms with Crippen molar-refractivity contribution in [1.29, 1.82) is 0 Å². The van der Waals surface area contributed by atoms with E-state index in [1.54, 1.807) is 53.7 Å². The summed E-state index contributed by atoms with van der Waals surface area (Å²) in [5.41, 5.74) is -2.00. The number of ether oxygens (including phenoxy) is 3. The van der Waals surface area contributed by atoms with Gasteiger partial charge >= 0.3 is 25.3 Å². The second-order valence-corrected chi connectivity index (χ2v) is 12.2. The smallest absolute Gasteiger partial charge is 0.464 e. The summed E-state index contributed by atoms with van der Waals surface area (Å²) in [6, 6.07) is 3.52. The van der Waals surface area contributed by atoms with E-state index in [1.807, 2.05) is 27.7 Å². The topological polar surface area (TPSA) is 95.9 Å². The molecule has 0 aromatic heterocycles. The first kappa shape index (κ1) is 28.9. The van der Waals surface area contributed by atoms with E-state index in [1.165, 1.54) is 6.07 Å². The molecule has 3 rings (SSSR count). The number of imide groups is 1. The number of halogens is 1. The van der Waals surface area contributed by atoms with Crippen molar-refractivity contribution in [3.63, 3.8) is 0 Å². The van der Waals surface area contributed by atoms with Crippen LogP contribution in [0.25, 0.3) is 0 Å². The second kappa shape index (κ2) is 9.91. The zero-order valence-corrected chi connectivity index (χ0v) is 23.4. The van der Waals surface area contributed by atoms with Crippen LogP contribution in [-0.2, 0) is 23.5 Å². The number of carbonyl (C=O) groups excluding carboxylic acids is 2. The van der Waals surface area contributed by atoms with Crippen molar-refractivity contribution in [3.05, 3.63) is 29.6 Å². The van der Waals surface area contributed by atoms with Crippen molar-refractivity contribution in [2.24, 2.45) is 4.99 Å². The van der Waals surface area contributed by atoms with E-state index < -0.39 is 53.6 Å². The molecule has 1 unspecified atom stereocenters. The number of carbonyl (C=O) groups is 2. The minimum Gasteiger partial charge on any atom is -0.464 e. The summed E-state index contributed by atoms with van der Waals surface area (Å²) in [4.78, 5) is 31.0. The minimum absolute atomic E-state index is 0.0890. The van der Waals surface area contributed by atoms with Crippen molar-refractivity contribution >= 4 is 30.8 Å². The predicted octanol–water partition coefficient (Wildman–Crippen LogP) is 5.11. The molecule has 0 spiro atoms. The molecular weight excluding hydrogens is 482 g/mol. The summed E-state index contributed by atoms with van der Waals surface area (Å²) in [5, 5.41) is 0. The lowest BCUT2D eigenvalue weighted by molar-refractivity contribution is 0.00578. The normalized spacial score (nSPS) is 21.1. The number of aliphatic imine (C=N–C) groups is 1. The molecule has 0 N–H and O–H groups in total. The first-order chi connectivity index (χ1) is 16.8. The van der Waals surface area contributed by atoms with Gasteiger partial charge in [0.25, 0.3) is 0 Å². The van der Waals surface area contributed by atoms with Crippen LogP contribution in [0.4, 0.5) is 14.0 Å². The van der Waals surface area contributed by atoms with Gasteiger partial charge in [-0.05, 0) is 80.8 Å². The van der Waals surface area contributed by atoms with Gasteiger partial charge in [-0.25, -0.2) is 19.0 Å². The molecule has 0 aliphatic carbocycles. The van der Waals surface area contributed by atoms with Crippen molar-refractivity contribution in [1.82, 2.24) is 4.90 Å². The highest BCUT2D eigenvalue weighted by Crippen LogP contribution is 2.37. The Morgan fingerprint density at radius 3 is 2.00 bits per heavy atom. The summed E-state index contributed by atoms with van der Waals surface area (Å²) in [5.74, 6) is -0.489. The van der Waals surface area contributed by atoms with Gasteiger partial charge in [0.1, 0.15) is 17.0 Å². The molecule has 11 heteroatoms. The molecule has 2 aliphatic rings. The zero-order chi connectivity index (χ0) is 28.0. The summed E-state index contributed by atoms with van der Waals surface area (Å²) in [6.45, 7) is 17.9. The Morgan fingerprint density at radius 1 is 1.00 bits per heavy atom. The van der Waals surface area contributed by atoms with Gasteiger partial charge in [-0.2, -0.15) is 0 Å². The van der Waals surface area contributed by atoms with Gasteiger partial charge < -0.3 is 23.5 Å². The third kappa shape index (κ3) is 6.81. The molecule has 0 saturated carbocycles. The molecule has 0 bridgehead atoms. The highest BCUT2D eigenvalue weighted by molar-refractivity contribution is 6.62. The Labute approximate surface area is 218 Å². The van der Waals surface area contributed by atoms with Gasteiger partial charge in [-0.3, -0.25) is 0 Å². The molecule has 9 nitrogen and oxygen atoms in total. The van der Waals surface area contributed by atoms with Crippen molar-refractivity contribution < 1.29 is 37.5 Å². The molecule has 204 valence electrons. The van der Waals surface area contributed by atoms with Crippen molar-refractivity contribution in [2.45, 2.75) is 104 Å². The number of amidine groups is 1. The maximum Gasteiger partial charge on any atom is 0.494 e. The summed E-state index contributed by atoms with van der Waals surface area (Å²) >= 11 is 0. The van der Waals surface area contributed by atoms with Gasteiger partial charge in [0, 0.05) is 12.0 Å². The van der Waals surface area contributed by atoms with Crippen LogP contribution in [0, 0.1) is 5.82 Å². The minimum atomic E-state index is -1.01. The predicted molar refractivity (Wildman–Crippen MR) is 137 cm³/mol. The van der Waals surface area contributed by atoms with Crippen LogP contribution < -0.4 is 5.46 Å². The fourth-order valence-corrected chi connectivity index (χ4v) is 3.63. The summed E-state index contributed by atoms with van der Waals surface area (Å²) < 4.78 is 43.7. The molecule has 1 fully saturated rings. The number of nitrogens with zero attached hydrogens (tertiary/aromatic N) is 2. The Hall–Kier alpha value is -2.66. The lowest BCUT2D eigenvalue weighted by Gasteiger charge is -2.32. The molecule has 1 atom stereocenters. The van der Waals surface area contributed by atoms with Crippen LogP contribution in [0.2, 0.25) is 0 Å². The highest BCUT2D eigenvalue weighted by Gasteiger charge is 2.52. The van der Waals surface area contributed by atoms with Crippen LogP contribution in [-0.4, -0.2) is 59.2 Å². The maximum absolute atomic E-state index is 15.0. The summed E-state index contributed by atoms with van der Waals surface area (Å²) in [6.07, 6.45) is -1.69. The lowest BCUT2D eigenvalue weighted by Crippen LogP contribution is -2.48. The number of hydrogen-bond acceptors (Lipinski definition) is 8. The van der Waals surface area contributed by atoms with Gasteiger partial charge in [-0.15, -0.1) is 4.90 Å². The molecule has 2 amide bonds. The zero-order valence-electron chi connectivity index (χ0n) is 23.4. The Kier molecular flexibility index (Phi) is 7.74. The van der Waals surface area contributed by atoms with Crippen molar-refractivity contribution in [2.75, 3.05) is 6.61 Å². The lowest BCUT2D eigenvalue weighted by atomic mass is 9.77. The molecule has 1 aromatic carbocycles. The van der Waals surface area contributed by atoms with Crippen LogP contribution in [0.15, 0.2) is 23.2 Å². The molecule has 1 aromatic rings. The second-order valence-electron chi connectivity index (χ2n) is 12.2. The quantitative estimate of drug-likeness (QED) is 0.500. The van der Waals surface area contributed by atoms with Crippen molar-refractivity contribution in [3.8, 4) is 0 Å². The van der Waals surface area contributed by atoms with Gasteiger partial charge in [0.2, 0.25) is 0 Å². The van der Waals surface area contributed by atoms with E-state index in [2.05, 4.69) is 4.99 Å². The Bertz CT molecular complexity index is 1030. The number of benzene rings is 1. The van der Waals surface area contributed by atoms with Crippen LogP contribution >= 0.6 is 0 Å². The number of amides is 2. The largest absolute Gasteiger partial charge is 0.494 e. The first-order valence-electron chi connectivity index (χ1n) is 12.4. The average Bonchev–Trinajstić information content (AvgIpc) is 2.93. The molecule has 2 heterocycles. The van der Waals surface area contributed by atoms with Crippen LogP contribution in [0.5, 0.6) is 0 Å². The van der Waals surface area contributed by atoms with E-state index in [4.69, 9.17) is 23.5 Å². The Balaban J connectivity index is 1.96. The highest BCUT2D eigenvalue weighted by atomic mass is 19.1. The molecule has 2 aliphatic heterocycles. The molecule has 0 radical (unpaired) electrons. The summed E-state index contributed by atoms with van der Waals surface area (Å²) in [7, 11) is -0.687. The van der Waals surface area contributed by atoms with E-state index in [0.29, 0.717) is 16.8 Å². The van der Waals surface area contributed by atoms with E-state index in [-0.39, 0.29) is 18.2 Å². The first-order valence-corrected chi connectivity index (χ1v) is 12.4. The van der Waals surface area contributed by atoms with Gasteiger partial charge in [0.05, 0.1) is 23.9 Å². The molecular formula is C26H38BFN2O7. The molecule has 1 saturated heterocycles. The fraction of sp³-hybridized carbons (Fsp3) is 0.654. The fourth-order valence-electron chi connectivity index (χ4n) is 3.63. The maximum atomic E-state index is 15.0. The monoisotopic (exact) mass is 520 g/mol. The Morgan fingerprint density at radius 2 is 1.51 bits per heavy atom. The average molecular weight is 520 g/mol. The third-order valence-corrected chi connectivity index (χ3v) is 6.14. The standard InChI is InChI=1S/C26H38BFN2O7/c1-23(2,3)34-21(31)30(22(32)35-24(4,5)6)20-29-19(13-14-33-20)17-15-16(11-12-18(17)28)27-36-25(7,8)26(9,10)37-27/h11-12,15,19H,13-14H2,1-10H3. The third-order valence-electron chi connectivity index (χ3n) is 6.14. The van der Waals surface area contributed by atoms with E-state index >= 15 is 4.39 Å².